The number of hydrogen-bond acceptors (Lipinski definition) is 4. The van der Waals surface area contributed by atoms with E-state index >= 15 is 0 Å². The maximum Gasteiger partial charge on any atom is 0.0707 e. The van der Waals surface area contributed by atoms with Gasteiger partial charge in [0.1, 0.15) is 0 Å². The lowest BCUT2D eigenvalue weighted by atomic mass is 10.00. The summed E-state index contributed by atoms with van der Waals surface area (Å²) in [6.07, 6.45) is 5.70. The van der Waals surface area contributed by atoms with Gasteiger partial charge >= 0.3 is 0 Å². The minimum absolute atomic E-state index is 0.416. The molecule has 4 heteroatoms. The molecular weight excluding hydrogens is 252 g/mol. The van der Waals surface area contributed by atoms with Gasteiger partial charge in [0.25, 0.3) is 0 Å². The van der Waals surface area contributed by atoms with E-state index in [1.807, 2.05) is 0 Å². The monoisotopic (exact) mass is 284 g/mol. The number of hydrogen-bond donors (Lipinski definition) is 1. The average molecular weight is 284 g/mol. The summed E-state index contributed by atoms with van der Waals surface area (Å²) >= 11 is 0. The Morgan fingerprint density at radius 2 is 1.75 bits per heavy atom. The molecule has 0 spiro atoms. The minimum atomic E-state index is 0.416. The molecule has 0 radical (unpaired) electrons. The van der Waals surface area contributed by atoms with Crippen LogP contribution in [0, 0.1) is 5.92 Å². The normalized spacial score (nSPS) is 28.6. The lowest BCUT2D eigenvalue weighted by Gasteiger charge is -2.28. The van der Waals surface area contributed by atoms with Crippen LogP contribution in [0.4, 0.5) is 0 Å². The third-order valence-corrected chi connectivity index (χ3v) is 4.38. The van der Waals surface area contributed by atoms with E-state index in [9.17, 15) is 0 Å². The van der Waals surface area contributed by atoms with Crippen molar-refractivity contribution in [3.05, 3.63) is 0 Å². The van der Waals surface area contributed by atoms with E-state index in [0.717, 1.165) is 32.2 Å². The van der Waals surface area contributed by atoms with Crippen LogP contribution in [-0.4, -0.2) is 63.0 Å². The van der Waals surface area contributed by atoms with Crippen molar-refractivity contribution in [2.24, 2.45) is 5.92 Å². The molecule has 4 nitrogen and oxygen atoms in total. The van der Waals surface area contributed by atoms with Crippen molar-refractivity contribution in [1.82, 2.24) is 10.2 Å². The molecule has 2 heterocycles. The van der Waals surface area contributed by atoms with Crippen LogP contribution in [-0.2, 0) is 9.47 Å². The molecule has 0 aliphatic carbocycles. The quantitative estimate of drug-likeness (QED) is 0.774. The molecule has 118 valence electrons. The van der Waals surface area contributed by atoms with E-state index in [2.05, 4.69) is 31.1 Å². The standard InChI is InChI=1S/C16H32N2O2/c1-13(2)17-10-15-4-5-16(20-15)12-18(3)11-14-6-8-19-9-7-14/h13-17H,4-12H2,1-3H3. The Hall–Kier alpha value is -0.160. The second kappa shape index (κ2) is 8.32. The number of rotatable bonds is 7. The first-order valence-corrected chi connectivity index (χ1v) is 8.28. The van der Waals surface area contributed by atoms with E-state index in [4.69, 9.17) is 9.47 Å². The summed E-state index contributed by atoms with van der Waals surface area (Å²) in [5.74, 6) is 0.813. The molecule has 2 unspecified atom stereocenters. The zero-order valence-electron chi connectivity index (χ0n) is 13.4. The summed E-state index contributed by atoms with van der Waals surface area (Å²) in [5.41, 5.74) is 0. The summed E-state index contributed by atoms with van der Waals surface area (Å²) in [6, 6.07) is 0.550. The van der Waals surface area contributed by atoms with E-state index in [-0.39, 0.29) is 0 Å². The van der Waals surface area contributed by atoms with Crippen molar-refractivity contribution >= 4 is 0 Å². The molecule has 0 aromatic carbocycles. The second-order valence-corrected chi connectivity index (χ2v) is 6.80. The highest BCUT2D eigenvalue weighted by molar-refractivity contribution is 4.78. The Kier molecular flexibility index (Phi) is 6.75. The molecule has 2 rings (SSSR count). The van der Waals surface area contributed by atoms with Crippen molar-refractivity contribution in [3.8, 4) is 0 Å². The molecule has 2 aliphatic rings. The molecule has 0 aromatic rings. The lowest BCUT2D eigenvalue weighted by molar-refractivity contribution is 0.0164. The Labute approximate surface area is 124 Å². The highest BCUT2D eigenvalue weighted by Crippen LogP contribution is 2.21. The largest absolute Gasteiger partial charge is 0.381 e. The molecule has 2 aliphatic heterocycles. The second-order valence-electron chi connectivity index (χ2n) is 6.80. The molecule has 0 aromatic heterocycles. The van der Waals surface area contributed by atoms with Crippen LogP contribution < -0.4 is 5.32 Å². The number of ether oxygens (including phenoxy) is 2. The first-order valence-electron chi connectivity index (χ1n) is 8.28. The van der Waals surface area contributed by atoms with Crippen molar-refractivity contribution in [2.45, 2.75) is 57.8 Å². The highest BCUT2D eigenvalue weighted by Gasteiger charge is 2.26. The van der Waals surface area contributed by atoms with Crippen LogP contribution in [0.25, 0.3) is 0 Å². The number of nitrogens with zero attached hydrogens (tertiary/aromatic N) is 1. The van der Waals surface area contributed by atoms with Crippen molar-refractivity contribution in [3.63, 3.8) is 0 Å². The summed E-state index contributed by atoms with van der Waals surface area (Å²) < 4.78 is 11.6. The van der Waals surface area contributed by atoms with Gasteiger partial charge in [-0.1, -0.05) is 13.8 Å². The van der Waals surface area contributed by atoms with Gasteiger partial charge in [0, 0.05) is 38.9 Å². The molecule has 0 saturated carbocycles. The number of likely N-dealkylation sites (N-methyl/N-ethyl adjacent to an activating group) is 1. The molecule has 1 N–H and O–H groups in total. The Morgan fingerprint density at radius 1 is 1.05 bits per heavy atom. The summed E-state index contributed by atoms with van der Waals surface area (Å²) in [7, 11) is 2.23. The predicted octanol–water partition coefficient (Wildman–Crippen LogP) is 1.89. The highest BCUT2D eigenvalue weighted by atomic mass is 16.5. The first kappa shape index (κ1) is 16.2. The topological polar surface area (TPSA) is 33.7 Å². The SMILES string of the molecule is CC(C)NCC1CCC(CN(C)CC2CCOCC2)O1. The fourth-order valence-electron chi connectivity index (χ4n) is 3.22. The van der Waals surface area contributed by atoms with Crippen LogP contribution >= 0.6 is 0 Å². The van der Waals surface area contributed by atoms with Gasteiger partial charge in [0.05, 0.1) is 12.2 Å². The van der Waals surface area contributed by atoms with E-state index in [1.165, 1.54) is 32.2 Å². The fraction of sp³-hybridized carbons (Fsp3) is 1.00. The lowest BCUT2D eigenvalue weighted by Crippen LogP contribution is -2.36. The zero-order valence-corrected chi connectivity index (χ0v) is 13.4. The molecule has 2 fully saturated rings. The van der Waals surface area contributed by atoms with Crippen LogP contribution in [0.2, 0.25) is 0 Å². The van der Waals surface area contributed by atoms with E-state index in [0.29, 0.717) is 18.2 Å². The van der Waals surface area contributed by atoms with Crippen LogP contribution in [0.1, 0.15) is 39.5 Å². The first-order chi connectivity index (χ1) is 9.63. The Morgan fingerprint density at radius 3 is 2.45 bits per heavy atom. The van der Waals surface area contributed by atoms with Gasteiger partial charge in [-0.25, -0.2) is 0 Å². The van der Waals surface area contributed by atoms with Gasteiger partial charge in [0.15, 0.2) is 0 Å². The molecular formula is C16H32N2O2. The van der Waals surface area contributed by atoms with Gasteiger partial charge in [-0.2, -0.15) is 0 Å². The zero-order chi connectivity index (χ0) is 14.4. The maximum atomic E-state index is 6.14. The Balaban J connectivity index is 1.61. The Bertz CT molecular complexity index is 267. The third kappa shape index (κ3) is 5.68. The molecule has 2 atom stereocenters. The molecule has 20 heavy (non-hydrogen) atoms. The predicted molar refractivity (Wildman–Crippen MR) is 82.1 cm³/mol. The molecule has 0 amide bonds. The third-order valence-electron chi connectivity index (χ3n) is 4.38. The van der Waals surface area contributed by atoms with Gasteiger partial charge in [-0.3, -0.25) is 0 Å². The minimum Gasteiger partial charge on any atom is -0.381 e. The van der Waals surface area contributed by atoms with Gasteiger partial charge in [-0.15, -0.1) is 0 Å². The average Bonchev–Trinajstić information content (AvgIpc) is 2.85. The van der Waals surface area contributed by atoms with Crippen molar-refractivity contribution in [2.75, 3.05) is 39.9 Å². The van der Waals surface area contributed by atoms with Crippen LogP contribution in [0.3, 0.4) is 0 Å². The maximum absolute atomic E-state index is 6.14. The van der Waals surface area contributed by atoms with Crippen molar-refractivity contribution in [1.29, 1.82) is 0 Å². The van der Waals surface area contributed by atoms with E-state index < -0.39 is 0 Å². The fourth-order valence-corrected chi connectivity index (χ4v) is 3.22. The summed E-state index contributed by atoms with van der Waals surface area (Å²) in [5, 5.41) is 3.47. The molecule has 0 bridgehead atoms. The van der Waals surface area contributed by atoms with Gasteiger partial charge in [-0.05, 0) is 38.6 Å². The molecule has 2 saturated heterocycles. The van der Waals surface area contributed by atoms with E-state index in [1.54, 1.807) is 0 Å². The van der Waals surface area contributed by atoms with Crippen LogP contribution in [0.5, 0.6) is 0 Å². The van der Waals surface area contributed by atoms with Crippen molar-refractivity contribution < 1.29 is 9.47 Å². The van der Waals surface area contributed by atoms with Gasteiger partial charge in [0.2, 0.25) is 0 Å². The van der Waals surface area contributed by atoms with Crippen LogP contribution in [0.15, 0.2) is 0 Å². The summed E-state index contributed by atoms with van der Waals surface area (Å²) in [6.45, 7) is 9.54. The smallest absolute Gasteiger partial charge is 0.0707 e. The van der Waals surface area contributed by atoms with Gasteiger partial charge < -0.3 is 19.7 Å². The summed E-state index contributed by atoms with van der Waals surface area (Å²) in [4.78, 5) is 2.46. The number of nitrogens with one attached hydrogen (secondary N) is 1.